The van der Waals surface area contributed by atoms with Crippen LogP contribution in [0.4, 0.5) is 0 Å². The third-order valence-corrected chi connectivity index (χ3v) is 8.58. The lowest BCUT2D eigenvalue weighted by molar-refractivity contribution is 0.0684. The summed E-state index contributed by atoms with van der Waals surface area (Å²) in [5.41, 5.74) is 5.78. The first-order valence-corrected chi connectivity index (χ1v) is 13.2. The van der Waals surface area contributed by atoms with Gasteiger partial charge in [0.25, 0.3) is 11.8 Å². The van der Waals surface area contributed by atoms with E-state index in [1.165, 1.54) is 11.3 Å². The lowest BCUT2D eigenvalue weighted by atomic mass is 10.1. The fraction of sp³-hybridized carbons (Fsp3) is 0.308. The van der Waals surface area contributed by atoms with Crippen molar-refractivity contribution < 1.29 is 9.59 Å². The van der Waals surface area contributed by atoms with Crippen LogP contribution in [0.3, 0.4) is 0 Å². The number of nitrogens with one attached hydrogen (secondary N) is 1. The van der Waals surface area contributed by atoms with Crippen LogP contribution in [0.2, 0.25) is 0 Å². The molecule has 0 bridgehead atoms. The standard InChI is InChI=1S/C26H24N4O2S2/c1-14-5-3-6-16(9-14)24-23(29-15(2)34-24)26(32)30-18(10-17-11-20(17)30)12-27-25(31)19-7-4-8-21-22(19)28-13-33-21/h3-9,13,17-18,20H,10-12H2,1-2H3,(H,27,31)/t17-,18+,20+/m1/s1. The Hall–Kier alpha value is -3.10. The summed E-state index contributed by atoms with van der Waals surface area (Å²) in [5.74, 6) is 0.358. The van der Waals surface area contributed by atoms with E-state index in [2.05, 4.69) is 34.3 Å². The number of rotatable bonds is 5. The third-order valence-electron chi connectivity index (χ3n) is 6.77. The predicted octanol–water partition coefficient (Wildman–Crippen LogP) is 5.07. The molecule has 1 saturated heterocycles. The summed E-state index contributed by atoms with van der Waals surface area (Å²) in [6, 6.07) is 14.1. The molecule has 0 radical (unpaired) electrons. The van der Waals surface area contributed by atoms with Crippen LogP contribution in [-0.2, 0) is 0 Å². The van der Waals surface area contributed by atoms with Crippen LogP contribution in [0.15, 0.2) is 48.0 Å². The molecule has 1 saturated carbocycles. The monoisotopic (exact) mass is 488 g/mol. The van der Waals surface area contributed by atoms with Crippen LogP contribution in [0.1, 0.15) is 44.3 Å². The molecule has 172 valence electrons. The normalized spacial score (nSPS) is 21.0. The molecule has 3 heterocycles. The highest BCUT2D eigenvalue weighted by molar-refractivity contribution is 7.16. The topological polar surface area (TPSA) is 75.2 Å². The van der Waals surface area contributed by atoms with E-state index in [-0.39, 0.29) is 23.9 Å². The first kappa shape index (κ1) is 21.4. The molecular weight excluding hydrogens is 464 g/mol. The minimum atomic E-state index is -0.144. The Balaban J connectivity index is 1.23. The molecule has 6 nitrogen and oxygen atoms in total. The zero-order valence-corrected chi connectivity index (χ0v) is 20.6. The number of benzene rings is 2. The molecule has 34 heavy (non-hydrogen) atoms. The van der Waals surface area contributed by atoms with Crippen molar-refractivity contribution in [2.24, 2.45) is 5.92 Å². The Bertz CT molecular complexity index is 1430. The highest BCUT2D eigenvalue weighted by atomic mass is 32.1. The van der Waals surface area contributed by atoms with Crippen molar-refractivity contribution in [2.75, 3.05) is 6.54 Å². The number of carbonyl (C=O) groups is 2. The number of hydrogen-bond donors (Lipinski definition) is 1. The molecule has 2 amide bonds. The van der Waals surface area contributed by atoms with Crippen LogP contribution in [0, 0.1) is 19.8 Å². The second kappa shape index (κ2) is 8.29. The zero-order chi connectivity index (χ0) is 23.4. The number of nitrogens with zero attached hydrogens (tertiary/aromatic N) is 3. The highest BCUT2D eigenvalue weighted by Gasteiger charge is 2.54. The number of likely N-dealkylation sites (tertiary alicyclic amines) is 1. The van der Waals surface area contributed by atoms with Gasteiger partial charge in [-0.05, 0) is 50.3 Å². The van der Waals surface area contributed by atoms with Crippen molar-refractivity contribution >= 4 is 44.7 Å². The van der Waals surface area contributed by atoms with Crippen molar-refractivity contribution in [1.82, 2.24) is 20.2 Å². The van der Waals surface area contributed by atoms with Crippen molar-refractivity contribution in [3.05, 3.63) is 69.8 Å². The predicted molar refractivity (Wildman–Crippen MR) is 135 cm³/mol. The number of carbonyl (C=O) groups excluding carboxylic acids is 2. The van der Waals surface area contributed by atoms with Crippen LogP contribution in [0.5, 0.6) is 0 Å². The maximum atomic E-state index is 13.8. The number of thiazole rings is 2. The molecule has 1 N–H and O–H groups in total. The Morgan fingerprint density at radius 2 is 2.00 bits per heavy atom. The fourth-order valence-electron chi connectivity index (χ4n) is 5.11. The quantitative estimate of drug-likeness (QED) is 0.426. The van der Waals surface area contributed by atoms with Crippen LogP contribution in [-0.4, -0.2) is 45.3 Å². The van der Waals surface area contributed by atoms with Crippen LogP contribution < -0.4 is 5.32 Å². The van der Waals surface area contributed by atoms with Gasteiger partial charge in [-0.1, -0.05) is 35.9 Å². The molecule has 6 rings (SSSR count). The summed E-state index contributed by atoms with van der Waals surface area (Å²) in [7, 11) is 0. The molecule has 0 spiro atoms. The van der Waals surface area contributed by atoms with Crippen molar-refractivity contribution in [3.63, 3.8) is 0 Å². The van der Waals surface area contributed by atoms with E-state index in [1.54, 1.807) is 22.9 Å². The first-order valence-electron chi connectivity index (χ1n) is 11.5. The van der Waals surface area contributed by atoms with Gasteiger partial charge in [-0.3, -0.25) is 9.59 Å². The lowest BCUT2D eigenvalue weighted by Crippen LogP contribution is -2.45. The van der Waals surface area contributed by atoms with Gasteiger partial charge in [0.05, 0.1) is 37.2 Å². The number of fused-ring (bicyclic) bond motifs is 2. The summed E-state index contributed by atoms with van der Waals surface area (Å²) >= 11 is 3.09. The SMILES string of the molecule is Cc1cccc(-c2sc(C)nc2C(=O)N2[C@H](CNC(=O)c3cccc4scnc34)C[C@@H]3C[C@@H]32)c1. The molecule has 0 unspecified atom stereocenters. The molecular formula is C26H24N4O2S2. The van der Waals surface area contributed by atoms with E-state index in [0.717, 1.165) is 44.1 Å². The van der Waals surface area contributed by atoms with Gasteiger partial charge in [-0.2, -0.15) is 0 Å². The molecule has 2 aromatic heterocycles. The van der Waals surface area contributed by atoms with E-state index in [0.29, 0.717) is 23.7 Å². The molecule has 2 aliphatic rings. The smallest absolute Gasteiger partial charge is 0.274 e. The number of piperidine rings is 1. The number of aromatic nitrogens is 2. The Labute approximate surface area is 205 Å². The average molecular weight is 489 g/mol. The lowest BCUT2D eigenvalue weighted by Gasteiger charge is -2.27. The second-order valence-corrected chi connectivity index (χ2v) is 11.2. The van der Waals surface area contributed by atoms with Crippen molar-refractivity contribution in [2.45, 2.75) is 38.8 Å². The van der Waals surface area contributed by atoms with Crippen LogP contribution in [0.25, 0.3) is 20.7 Å². The molecule has 1 aliphatic heterocycles. The molecule has 2 aromatic carbocycles. The Morgan fingerprint density at radius 1 is 1.15 bits per heavy atom. The molecule has 2 fully saturated rings. The summed E-state index contributed by atoms with van der Waals surface area (Å²) < 4.78 is 0.995. The van der Waals surface area contributed by atoms with E-state index in [4.69, 9.17) is 0 Å². The number of amides is 2. The average Bonchev–Trinajstić information content (AvgIpc) is 3.18. The highest BCUT2D eigenvalue weighted by Crippen LogP contribution is 2.48. The van der Waals surface area contributed by atoms with Gasteiger partial charge in [0.1, 0.15) is 5.69 Å². The van der Waals surface area contributed by atoms with Gasteiger partial charge in [-0.25, -0.2) is 9.97 Å². The third kappa shape index (κ3) is 3.71. The van der Waals surface area contributed by atoms with Crippen LogP contribution >= 0.6 is 22.7 Å². The zero-order valence-electron chi connectivity index (χ0n) is 18.9. The Morgan fingerprint density at radius 3 is 2.85 bits per heavy atom. The minimum absolute atomic E-state index is 0.0216. The van der Waals surface area contributed by atoms with E-state index in [9.17, 15) is 9.59 Å². The first-order chi connectivity index (χ1) is 16.5. The van der Waals surface area contributed by atoms with E-state index >= 15 is 0 Å². The van der Waals surface area contributed by atoms with Crippen molar-refractivity contribution in [3.8, 4) is 10.4 Å². The van der Waals surface area contributed by atoms with Crippen molar-refractivity contribution in [1.29, 1.82) is 0 Å². The molecule has 3 atom stereocenters. The second-order valence-electron chi connectivity index (χ2n) is 9.16. The summed E-state index contributed by atoms with van der Waals surface area (Å²) in [6.45, 7) is 4.43. The maximum Gasteiger partial charge on any atom is 0.274 e. The Kier molecular flexibility index (Phi) is 5.22. The van der Waals surface area contributed by atoms with E-state index in [1.807, 2.05) is 36.1 Å². The largest absolute Gasteiger partial charge is 0.350 e. The van der Waals surface area contributed by atoms with Gasteiger partial charge in [0.2, 0.25) is 0 Å². The number of para-hydroxylation sites is 1. The fourth-order valence-corrected chi connectivity index (χ4v) is 6.72. The maximum absolute atomic E-state index is 13.8. The summed E-state index contributed by atoms with van der Waals surface area (Å²) in [4.78, 5) is 38.7. The van der Waals surface area contributed by atoms with Gasteiger partial charge in [0.15, 0.2) is 0 Å². The minimum Gasteiger partial charge on any atom is -0.350 e. The van der Waals surface area contributed by atoms with Gasteiger partial charge >= 0.3 is 0 Å². The number of hydrogen-bond acceptors (Lipinski definition) is 6. The van der Waals surface area contributed by atoms with E-state index < -0.39 is 0 Å². The summed E-state index contributed by atoms with van der Waals surface area (Å²) in [6.07, 6.45) is 1.96. The van der Waals surface area contributed by atoms with Gasteiger partial charge < -0.3 is 10.2 Å². The molecule has 4 aromatic rings. The molecule has 1 aliphatic carbocycles. The molecule has 8 heteroatoms. The van der Waals surface area contributed by atoms with Gasteiger partial charge in [-0.15, -0.1) is 22.7 Å². The van der Waals surface area contributed by atoms with Gasteiger partial charge in [0, 0.05) is 12.6 Å². The number of aryl methyl sites for hydroxylation is 2. The summed E-state index contributed by atoms with van der Waals surface area (Å²) in [5, 5.41) is 3.96.